The fourth-order valence-corrected chi connectivity index (χ4v) is 3.55. The van der Waals surface area contributed by atoms with Crippen LogP contribution in [-0.4, -0.2) is 22.3 Å². The summed E-state index contributed by atoms with van der Waals surface area (Å²) in [6, 6.07) is 11.7. The zero-order valence-electron chi connectivity index (χ0n) is 14.6. The summed E-state index contributed by atoms with van der Waals surface area (Å²) >= 11 is 0. The second-order valence-corrected chi connectivity index (χ2v) is 6.58. The molecule has 0 saturated carbocycles. The molecule has 1 aliphatic heterocycles. The van der Waals surface area contributed by atoms with Crippen LogP contribution >= 0.6 is 0 Å². The molecule has 2 heterocycles. The van der Waals surface area contributed by atoms with E-state index in [-0.39, 0.29) is 5.82 Å². The van der Waals surface area contributed by atoms with E-state index >= 15 is 0 Å². The molecule has 4 rings (SSSR count). The summed E-state index contributed by atoms with van der Waals surface area (Å²) in [4.78, 5) is 5.64. The van der Waals surface area contributed by atoms with E-state index in [1.54, 1.807) is 25.2 Å². The zero-order chi connectivity index (χ0) is 18.3. The Morgan fingerprint density at radius 2 is 1.85 bits per heavy atom. The average Bonchev–Trinajstić information content (AvgIpc) is 2.63. The topological polar surface area (TPSA) is 20.5 Å². The maximum Gasteiger partial charge on any atom is 0.675 e. The van der Waals surface area contributed by atoms with Crippen molar-refractivity contribution in [1.82, 2.24) is 9.38 Å². The maximum absolute atomic E-state index is 14.0. The normalized spacial score (nSPS) is 22.3. The Bertz CT molecular complexity index is 1060. The molecular formula is C20H18BF2N3. The first-order valence-electron chi connectivity index (χ1n) is 8.46. The van der Waals surface area contributed by atoms with Gasteiger partial charge in [0.05, 0.1) is 5.54 Å². The van der Waals surface area contributed by atoms with E-state index < -0.39 is 12.9 Å². The van der Waals surface area contributed by atoms with Crippen molar-refractivity contribution in [3.63, 3.8) is 0 Å². The first kappa shape index (κ1) is 16.6. The van der Waals surface area contributed by atoms with Crippen molar-refractivity contribution in [1.29, 1.82) is 0 Å². The number of hydrogen-bond donors (Lipinski definition) is 0. The average molecular weight is 349 g/mol. The van der Waals surface area contributed by atoms with Gasteiger partial charge in [-0.05, 0) is 42.2 Å². The van der Waals surface area contributed by atoms with Crippen LogP contribution in [0, 0.1) is 0 Å². The molecule has 130 valence electrons. The van der Waals surface area contributed by atoms with Crippen molar-refractivity contribution in [3.05, 3.63) is 89.7 Å². The first-order chi connectivity index (χ1) is 12.5. The number of halogens is 2. The molecule has 1 aliphatic carbocycles. The van der Waals surface area contributed by atoms with Crippen LogP contribution in [0.25, 0.3) is 10.9 Å². The fraction of sp³-hybridized carbons (Fsp3) is 0.150. The number of aryl methyl sites for hydroxylation is 1. The molecule has 2 aromatic rings. The minimum absolute atomic E-state index is 0.247. The molecule has 0 N–H and O–H groups in total. The van der Waals surface area contributed by atoms with E-state index in [1.807, 2.05) is 66.2 Å². The third-order valence-electron chi connectivity index (χ3n) is 5.03. The highest BCUT2D eigenvalue weighted by Crippen LogP contribution is 2.37. The number of nitrogens with zero attached hydrogens (tertiary/aromatic N) is 3. The van der Waals surface area contributed by atoms with E-state index in [0.29, 0.717) is 5.49 Å². The van der Waals surface area contributed by atoms with Gasteiger partial charge in [0.25, 0.3) is 0 Å². The van der Waals surface area contributed by atoms with Crippen molar-refractivity contribution in [3.8, 4) is 0 Å². The summed E-state index contributed by atoms with van der Waals surface area (Å²) in [5.74, 6) is 0.247. The highest BCUT2D eigenvalue weighted by Gasteiger charge is 2.44. The number of para-hydroxylation sites is 1. The lowest BCUT2D eigenvalue weighted by Crippen LogP contribution is -2.52. The maximum atomic E-state index is 14.0. The molecule has 2 aliphatic rings. The monoisotopic (exact) mass is 349 g/mol. The van der Waals surface area contributed by atoms with Gasteiger partial charge in [0.15, 0.2) is 0 Å². The lowest BCUT2D eigenvalue weighted by Gasteiger charge is -2.43. The van der Waals surface area contributed by atoms with Crippen LogP contribution in [0.2, 0.25) is 0 Å². The van der Waals surface area contributed by atoms with Gasteiger partial charge < -0.3 is 9.38 Å². The number of rotatable bonds is 2. The molecule has 1 unspecified atom stereocenters. The Morgan fingerprint density at radius 3 is 2.65 bits per heavy atom. The lowest BCUT2D eigenvalue weighted by molar-refractivity contribution is 0.305. The largest absolute Gasteiger partial charge is 0.675 e. The van der Waals surface area contributed by atoms with Gasteiger partial charge in [-0.1, -0.05) is 48.6 Å². The number of allylic oxidation sites excluding steroid dienone is 4. The van der Waals surface area contributed by atoms with E-state index in [0.717, 1.165) is 21.3 Å². The Kier molecular flexibility index (Phi) is 3.91. The summed E-state index contributed by atoms with van der Waals surface area (Å²) in [6.45, 7) is 1.79. The van der Waals surface area contributed by atoms with Crippen LogP contribution in [-0.2, 0) is 7.05 Å². The first-order valence-corrected chi connectivity index (χ1v) is 8.46. The summed E-state index contributed by atoms with van der Waals surface area (Å²) in [5, 5.41) is 1.08. The minimum atomic E-state index is -2.67. The summed E-state index contributed by atoms with van der Waals surface area (Å²) < 4.78 is 29.9. The van der Waals surface area contributed by atoms with Gasteiger partial charge in [0.1, 0.15) is 11.3 Å². The fourth-order valence-electron chi connectivity index (χ4n) is 3.55. The molecule has 0 bridgehead atoms. The van der Waals surface area contributed by atoms with Crippen LogP contribution in [0.5, 0.6) is 0 Å². The number of fused-ring (bicyclic) bond motifs is 2. The van der Waals surface area contributed by atoms with Gasteiger partial charge in [-0.15, -0.1) is 0 Å². The third-order valence-corrected chi connectivity index (χ3v) is 5.03. The number of benzene rings is 1. The van der Waals surface area contributed by atoms with Crippen LogP contribution in [0.3, 0.4) is 0 Å². The van der Waals surface area contributed by atoms with Crippen LogP contribution < -0.4 is 5.49 Å². The molecule has 0 spiro atoms. The van der Waals surface area contributed by atoms with Crippen LogP contribution in [0.4, 0.5) is 8.63 Å². The molecule has 1 atom stereocenters. The third kappa shape index (κ3) is 2.53. The molecule has 6 heteroatoms. The van der Waals surface area contributed by atoms with Crippen molar-refractivity contribution in [2.24, 2.45) is 12.0 Å². The second kappa shape index (κ2) is 6.13. The summed E-state index contributed by atoms with van der Waals surface area (Å²) in [5.41, 5.74) is 1.53. The van der Waals surface area contributed by atoms with E-state index in [4.69, 9.17) is 0 Å². The van der Waals surface area contributed by atoms with Crippen LogP contribution in [0.1, 0.15) is 6.92 Å². The van der Waals surface area contributed by atoms with Crippen molar-refractivity contribution in [2.45, 2.75) is 12.5 Å². The van der Waals surface area contributed by atoms with Gasteiger partial charge in [0.2, 0.25) is 0 Å². The molecule has 0 amide bonds. The number of aromatic nitrogens is 1. The smallest absolute Gasteiger partial charge is 0.329 e. The van der Waals surface area contributed by atoms with Gasteiger partial charge in [-0.25, -0.2) is 4.99 Å². The Labute approximate surface area is 151 Å². The minimum Gasteiger partial charge on any atom is -0.329 e. The molecule has 1 aromatic carbocycles. The summed E-state index contributed by atoms with van der Waals surface area (Å²) in [6.07, 6.45) is 10.8. The second-order valence-electron chi connectivity index (χ2n) is 6.58. The van der Waals surface area contributed by atoms with Crippen molar-refractivity contribution in [2.75, 3.05) is 0 Å². The number of pyridine rings is 1. The van der Waals surface area contributed by atoms with E-state index in [2.05, 4.69) is 4.99 Å². The molecule has 0 saturated heterocycles. The lowest BCUT2D eigenvalue weighted by atomic mass is 9.80. The Morgan fingerprint density at radius 1 is 1.04 bits per heavy atom. The SMILES string of the molecule is Cn1/c(=N\C2=CC=C3C=CC=CC3(C)N2B(F)F)ccc2ccccc21. The standard InChI is InChI=1S/C20H18BF2N3/c1-20-14-6-5-8-16(20)11-13-19(26(20)21(22)23)24-18-12-10-15-7-3-4-9-17(15)25(18)2/h3-14H,1-2H3/b24-18-. The summed E-state index contributed by atoms with van der Waals surface area (Å²) in [7, 11) is -0.774. The van der Waals surface area contributed by atoms with E-state index in [1.165, 1.54) is 0 Å². The molecular weight excluding hydrogens is 331 g/mol. The van der Waals surface area contributed by atoms with Crippen LogP contribution in [0.15, 0.2) is 89.2 Å². The number of hydrogen-bond acceptors (Lipinski definition) is 2. The predicted octanol–water partition coefficient (Wildman–Crippen LogP) is 3.97. The van der Waals surface area contributed by atoms with Crippen molar-refractivity contribution < 1.29 is 8.63 Å². The van der Waals surface area contributed by atoms with E-state index in [9.17, 15) is 8.63 Å². The van der Waals surface area contributed by atoms with Gasteiger partial charge in [-0.2, -0.15) is 0 Å². The highest BCUT2D eigenvalue weighted by atomic mass is 19.2. The Hall–Kier alpha value is -2.89. The Balaban J connectivity index is 1.90. The molecule has 1 aromatic heterocycles. The highest BCUT2D eigenvalue weighted by molar-refractivity contribution is 6.40. The van der Waals surface area contributed by atoms with Gasteiger partial charge >= 0.3 is 7.40 Å². The van der Waals surface area contributed by atoms with Gasteiger partial charge in [0, 0.05) is 12.6 Å². The zero-order valence-corrected chi connectivity index (χ0v) is 14.6. The van der Waals surface area contributed by atoms with Crippen molar-refractivity contribution >= 4 is 18.3 Å². The predicted molar refractivity (Wildman–Crippen MR) is 101 cm³/mol. The molecule has 3 nitrogen and oxygen atoms in total. The van der Waals surface area contributed by atoms with Gasteiger partial charge in [-0.3, -0.25) is 8.63 Å². The molecule has 0 radical (unpaired) electrons. The molecule has 26 heavy (non-hydrogen) atoms. The quantitative estimate of drug-likeness (QED) is 0.752. The molecule has 0 fully saturated rings.